The molecule has 4 aromatic rings. The predicted octanol–water partition coefficient (Wildman–Crippen LogP) is 4.47. The van der Waals surface area contributed by atoms with Crippen molar-refractivity contribution in [3.8, 4) is 22.5 Å². The lowest BCUT2D eigenvalue weighted by molar-refractivity contribution is 0.0685. The van der Waals surface area contributed by atoms with E-state index in [4.69, 9.17) is 15.7 Å². The standard InChI is InChI=1S/C22H21ClN6O2/c1-2-3-8-18-24-20(23)19(22(30)31)29(18)13-14-9-11-15(12-10-14)16-6-4-5-7-17(16)21-25-27-28-26-21/h4-7,9-12H,2-3,8,13H2,1H3,(H,30,31)(H,25,26,27,28)/i1D3. The molecule has 2 aromatic carbocycles. The Kier molecular flexibility index (Phi) is 5.04. The Balaban J connectivity index is 1.60. The van der Waals surface area contributed by atoms with Crippen LogP contribution in [0.15, 0.2) is 48.5 Å². The minimum absolute atomic E-state index is 0.00830. The van der Waals surface area contributed by atoms with Crippen LogP contribution in [0, 0.1) is 0 Å². The van der Waals surface area contributed by atoms with Gasteiger partial charge in [-0.1, -0.05) is 73.4 Å². The fourth-order valence-corrected chi connectivity index (χ4v) is 3.74. The molecule has 0 unspecified atom stereocenters. The van der Waals surface area contributed by atoms with Gasteiger partial charge in [0.15, 0.2) is 10.8 Å². The number of aromatic nitrogens is 6. The summed E-state index contributed by atoms with van der Waals surface area (Å²) in [6, 6.07) is 15.3. The van der Waals surface area contributed by atoms with Crippen molar-refractivity contribution in [2.75, 3.05) is 0 Å². The Bertz CT molecular complexity index is 1290. The number of carbonyl (C=O) groups is 1. The molecule has 0 radical (unpaired) electrons. The van der Waals surface area contributed by atoms with Gasteiger partial charge in [-0.25, -0.2) is 9.78 Å². The van der Waals surface area contributed by atoms with Crippen molar-refractivity contribution in [2.45, 2.75) is 32.7 Å². The Morgan fingerprint density at radius 3 is 2.65 bits per heavy atom. The third-order valence-corrected chi connectivity index (χ3v) is 5.17. The van der Waals surface area contributed by atoms with Gasteiger partial charge < -0.3 is 9.67 Å². The molecular weight excluding hydrogens is 416 g/mol. The SMILES string of the molecule is [2H]C([2H])([2H])CCCc1nc(Cl)c(C(=O)O)n1Cc1ccc(-c2ccccc2-c2nn[nH]n2)cc1. The second-order valence-electron chi connectivity index (χ2n) is 6.89. The summed E-state index contributed by atoms with van der Waals surface area (Å²) in [5.41, 5.74) is 3.42. The number of imidazole rings is 1. The highest BCUT2D eigenvalue weighted by atomic mass is 35.5. The number of hydrogen-bond donors (Lipinski definition) is 2. The number of carboxylic acid groups (broad SMARTS) is 1. The maximum Gasteiger partial charge on any atom is 0.355 e. The highest BCUT2D eigenvalue weighted by Gasteiger charge is 2.21. The van der Waals surface area contributed by atoms with Crippen LogP contribution in [0.4, 0.5) is 0 Å². The van der Waals surface area contributed by atoms with Crippen LogP contribution in [-0.4, -0.2) is 41.3 Å². The van der Waals surface area contributed by atoms with Crippen LogP contribution in [0.5, 0.6) is 0 Å². The van der Waals surface area contributed by atoms with Crippen molar-refractivity contribution in [2.24, 2.45) is 0 Å². The molecule has 0 bridgehead atoms. The number of aryl methyl sites for hydroxylation is 1. The molecule has 9 heteroatoms. The topological polar surface area (TPSA) is 110 Å². The van der Waals surface area contributed by atoms with Gasteiger partial charge in [0, 0.05) is 22.6 Å². The molecule has 0 amide bonds. The molecule has 4 rings (SSSR count). The smallest absolute Gasteiger partial charge is 0.355 e. The maximum absolute atomic E-state index is 11.8. The highest BCUT2D eigenvalue weighted by molar-refractivity contribution is 6.32. The highest BCUT2D eigenvalue weighted by Crippen LogP contribution is 2.30. The van der Waals surface area contributed by atoms with Gasteiger partial charge in [0.05, 0.1) is 0 Å². The zero-order valence-corrected chi connectivity index (χ0v) is 17.2. The van der Waals surface area contributed by atoms with E-state index in [-0.39, 0.29) is 23.8 Å². The van der Waals surface area contributed by atoms with E-state index in [2.05, 4.69) is 25.6 Å². The lowest BCUT2D eigenvalue weighted by Crippen LogP contribution is -2.13. The third-order valence-electron chi connectivity index (χ3n) is 4.90. The quantitative estimate of drug-likeness (QED) is 0.419. The van der Waals surface area contributed by atoms with Crippen LogP contribution in [0.1, 0.15) is 45.7 Å². The van der Waals surface area contributed by atoms with Crippen molar-refractivity contribution in [3.05, 3.63) is 70.8 Å². The summed E-state index contributed by atoms with van der Waals surface area (Å²) in [4.78, 5) is 16.0. The van der Waals surface area contributed by atoms with Gasteiger partial charge in [0.25, 0.3) is 0 Å². The molecule has 0 aliphatic heterocycles. The zero-order valence-electron chi connectivity index (χ0n) is 19.4. The van der Waals surface area contributed by atoms with Gasteiger partial charge >= 0.3 is 5.97 Å². The van der Waals surface area contributed by atoms with Gasteiger partial charge in [-0.3, -0.25) is 0 Å². The summed E-state index contributed by atoms with van der Waals surface area (Å²) in [6.45, 7) is -1.82. The van der Waals surface area contributed by atoms with Gasteiger partial charge in [0.2, 0.25) is 5.82 Å². The second-order valence-corrected chi connectivity index (χ2v) is 7.25. The van der Waals surface area contributed by atoms with Gasteiger partial charge in [-0.2, -0.15) is 5.21 Å². The number of aromatic amines is 1. The molecule has 2 aromatic heterocycles. The Morgan fingerprint density at radius 2 is 1.97 bits per heavy atom. The summed E-state index contributed by atoms with van der Waals surface area (Å²) >= 11 is 6.11. The van der Waals surface area contributed by atoms with E-state index in [1.165, 1.54) is 4.57 Å². The molecule has 2 N–H and O–H groups in total. The fraction of sp³-hybridized carbons (Fsp3) is 0.227. The first-order chi connectivity index (χ1) is 16.2. The van der Waals surface area contributed by atoms with Crippen molar-refractivity contribution < 1.29 is 14.0 Å². The monoisotopic (exact) mass is 439 g/mol. The summed E-state index contributed by atoms with van der Waals surface area (Å²) in [6.07, 6.45) is 0.657. The average molecular weight is 440 g/mol. The van der Waals surface area contributed by atoms with E-state index in [0.29, 0.717) is 24.5 Å². The molecule has 8 nitrogen and oxygen atoms in total. The Labute approximate surface area is 188 Å². The Hall–Kier alpha value is -3.52. The lowest BCUT2D eigenvalue weighted by Gasteiger charge is -2.12. The molecule has 0 aliphatic carbocycles. The first-order valence-electron chi connectivity index (χ1n) is 11.1. The van der Waals surface area contributed by atoms with Gasteiger partial charge in [-0.05, 0) is 28.3 Å². The maximum atomic E-state index is 11.8. The second kappa shape index (κ2) is 9.09. The van der Waals surface area contributed by atoms with Crippen LogP contribution in [0.2, 0.25) is 5.15 Å². The van der Waals surface area contributed by atoms with Crippen molar-refractivity contribution in [1.29, 1.82) is 0 Å². The number of hydrogen-bond acceptors (Lipinski definition) is 5. The average Bonchev–Trinajstić information content (AvgIpc) is 3.42. The van der Waals surface area contributed by atoms with Crippen LogP contribution in [0.3, 0.4) is 0 Å². The largest absolute Gasteiger partial charge is 0.476 e. The first kappa shape index (κ1) is 17.2. The molecule has 0 aliphatic rings. The number of benzene rings is 2. The van der Waals surface area contributed by atoms with Crippen molar-refractivity contribution >= 4 is 17.6 Å². The summed E-state index contributed by atoms with van der Waals surface area (Å²) in [7, 11) is 0. The van der Waals surface area contributed by atoms with Gasteiger partial charge in [0.1, 0.15) is 5.82 Å². The van der Waals surface area contributed by atoms with Gasteiger partial charge in [-0.15, -0.1) is 10.2 Å². The predicted molar refractivity (Wildman–Crippen MR) is 117 cm³/mol. The number of tetrazole rings is 1. The molecule has 2 heterocycles. The zero-order chi connectivity index (χ0) is 24.3. The van der Waals surface area contributed by atoms with E-state index in [9.17, 15) is 9.90 Å². The fourth-order valence-electron chi connectivity index (χ4n) is 3.46. The van der Waals surface area contributed by atoms with E-state index >= 15 is 0 Å². The summed E-state index contributed by atoms with van der Waals surface area (Å²) in [5.74, 6) is -0.260. The summed E-state index contributed by atoms with van der Waals surface area (Å²) in [5, 5.41) is 23.8. The molecule has 0 fully saturated rings. The minimum atomic E-state index is -2.05. The van der Waals surface area contributed by atoms with Crippen molar-refractivity contribution in [3.63, 3.8) is 0 Å². The number of rotatable bonds is 8. The molecular formula is C22H21ClN6O2. The molecule has 31 heavy (non-hydrogen) atoms. The number of H-pyrrole nitrogens is 1. The molecule has 0 spiro atoms. The first-order valence-corrected chi connectivity index (χ1v) is 10.0. The van der Waals surface area contributed by atoms with E-state index in [1.54, 1.807) is 0 Å². The normalized spacial score (nSPS) is 12.9. The molecule has 158 valence electrons. The van der Waals surface area contributed by atoms with Crippen LogP contribution in [0.25, 0.3) is 22.5 Å². The molecule has 0 saturated heterocycles. The number of carboxylic acids is 1. The molecule has 0 atom stereocenters. The minimum Gasteiger partial charge on any atom is -0.476 e. The Morgan fingerprint density at radius 1 is 1.19 bits per heavy atom. The molecule has 0 saturated carbocycles. The summed E-state index contributed by atoms with van der Waals surface area (Å²) < 4.78 is 23.6. The van der Waals surface area contributed by atoms with E-state index in [0.717, 1.165) is 22.3 Å². The third kappa shape index (κ3) is 4.34. The van der Waals surface area contributed by atoms with Crippen LogP contribution >= 0.6 is 11.6 Å². The lowest BCUT2D eigenvalue weighted by atomic mass is 9.98. The van der Waals surface area contributed by atoms with Crippen molar-refractivity contribution in [1.82, 2.24) is 30.2 Å². The van der Waals surface area contributed by atoms with Crippen LogP contribution in [-0.2, 0) is 13.0 Å². The van der Waals surface area contributed by atoms with Crippen LogP contribution < -0.4 is 0 Å². The number of aromatic carboxylic acids is 1. The van der Waals surface area contributed by atoms with E-state index in [1.807, 2.05) is 48.5 Å². The van der Waals surface area contributed by atoms with E-state index < -0.39 is 12.8 Å². The number of halogens is 1. The number of nitrogens with one attached hydrogen (secondary N) is 1. The number of nitrogens with zero attached hydrogens (tertiary/aromatic N) is 5.